The third-order valence-electron chi connectivity index (χ3n) is 5.98. The van der Waals surface area contributed by atoms with Crippen LogP contribution in [-0.4, -0.2) is 15.9 Å². The molecule has 3 aromatic carbocycles. The number of carbonyl (C=O) groups excluding carboxylic acids is 1. The number of hydrogen-bond acceptors (Lipinski definition) is 4. The van der Waals surface area contributed by atoms with Gasteiger partial charge in [-0.2, -0.15) is 0 Å². The fraction of sp³-hybridized carbons (Fsp3) is 0.207. The molecule has 184 valence electrons. The highest BCUT2D eigenvalue weighted by Crippen LogP contribution is 2.31. The molecule has 7 heteroatoms. The van der Waals surface area contributed by atoms with E-state index in [1.807, 2.05) is 30.3 Å². The Morgan fingerprint density at radius 3 is 2.25 bits per heavy atom. The molecule has 0 bridgehead atoms. The third-order valence-corrected chi connectivity index (χ3v) is 5.98. The number of nitrogens with zero attached hydrogens (tertiary/aromatic N) is 2. The van der Waals surface area contributed by atoms with Crippen molar-refractivity contribution in [1.29, 1.82) is 0 Å². The molecule has 0 aliphatic heterocycles. The summed E-state index contributed by atoms with van der Waals surface area (Å²) in [4.78, 5) is 21.5. The lowest BCUT2D eigenvalue weighted by atomic mass is 10.0. The van der Waals surface area contributed by atoms with Crippen LogP contribution in [-0.2, 0) is 17.1 Å². The molecule has 0 aliphatic rings. The second-order valence-corrected chi connectivity index (χ2v) is 8.59. The highest BCUT2D eigenvalue weighted by molar-refractivity contribution is 5.92. The first-order valence-electron chi connectivity index (χ1n) is 11.9. The fourth-order valence-electron chi connectivity index (χ4n) is 3.86. The van der Waals surface area contributed by atoms with Crippen LogP contribution in [0.3, 0.4) is 0 Å². The van der Waals surface area contributed by atoms with Crippen LogP contribution in [0.5, 0.6) is 0 Å². The maximum Gasteiger partial charge on any atom is 0.273 e. The average Bonchev–Trinajstić information content (AvgIpc) is 2.90. The molecular formula is C29H28F2N4O. The van der Waals surface area contributed by atoms with Crippen molar-refractivity contribution in [1.82, 2.24) is 9.97 Å². The zero-order chi connectivity index (χ0) is 25.5. The van der Waals surface area contributed by atoms with Crippen molar-refractivity contribution in [2.75, 3.05) is 10.6 Å². The van der Waals surface area contributed by atoms with Crippen molar-refractivity contribution >= 4 is 17.4 Å². The van der Waals surface area contributed by atoms with Crippen molar-refractivity contribution in [3.63, 3.8) is 0 Å². The largest absolute Gasteiger partial charge is 0.362 e. The molecule has 1 amide bonds. The summed E-state index contributed by atoms with van der Waals surface area (Å²) < 4.78 is 27.6. The van der Waals surface area contributed by atoms with Gasteiger partial charge < -0.3 is 10.6 Å². The predicted molar refractivity (Wildman–Crippen MR) is 139 cm³/mol. The van der Waals surface area contributed by atoms with Crippen LogP contribution in [0.25, 0.3) is 11.3 Å². The number of aromatic nitrogens is 2. The molecule has 1 atom stereocenters. The van der Waals surface area contributed by atoms with Gasteiger partial charge in [0.2, 0.25) is 5.91 Å². The number of rotatable bonds is 9. The van der Waals surface area contributed by atoms with E-state index in [-0.39, 0.29) is 30.4 Å². The molecule has 1 unspecified atom stereocenters. The summed E-state index contributed by atoms with van der Waals surface area (Å²) in [7, 11) is 0. The number of hydrogen-bond donors (Lipinski definition) is 2. The number of benzene rings is 3. The van der Waals surface area contributed by atoms with Gasteiger partial charge in [-0.3, -0.25) is 9.78 Å². The Labute approximate surface area is 209 Å². The van der Waals surface area contributed by atoms with Gasteiger partial charge in [0.1, 0.15) is 5.69 Å². The minimum atomic E-state index is -2.86. The van der Waals surface area contributed by atoms with Gasteiger partial charge in [0.05, 0.1) is 12.5 Å². The first-order chi connectivity index (χ1) is 17.4. The quantitative estimate of drug-likeness (QED) is 0.267. The normalized spacial score (nSPS) is 12.1. The number of nitrogens with one attached hydrogen (secondary N) is 2. The second kappa shape index (κ2) is 11.1. The van der Waals surface area contributed by atoms with Gasteiger partial charge in [-0.15, -0.1) is 0 Å². The second-order valence-electron chi connectivity index (χ2n) is 8.59. The van der Waals surface area contributed by atoms with Crippen LogP contribution >= 0.6 is 0 Å². The van der Waals surface area contributed by atoms with Crippen LogP contribution in [0.15, 0.2) is 91.3 Å². The van der Waals surface area contributed by atoms with Crippen LogP contribution < -0.4 is 10.6 Å². The van der Waals surface area contributed by atoms with E-state index < -0.39 is 5.92 Å². The molecule has 4 aromatic rings. The first kappa shape index (κ1) is 25.0. The zero-order valence-corrected chi connectivity index (χ0v) is 20.2. The van der Waals surface area contributed by atoms with E-state index in [0.29, 0.717) is 22.8 Å². The lowest BCUT2D eigenvalue weighted by Crippen LogP contribution is -2.15. The van der Waals surface area contributed by atoms with Crippen molar-refractivity contribution in [2.45, 2.75) is 38.7 Å². The van der Waals surface area contributed by atoms with Crippen molar-refractivity contribution in [2.24, 2.45) is 0 Å². The zero-order valence-electron chi connectivity index (χ0n) is 20.2. The molecule has 1 aromatic heterocycles. The van der Waals surface area contributed by atoms with Gasteiger partial charge in [-0.25, -0.2) is 13.8 Å². The molecule has 1 heterocycles. The molecule has 0 fully saturated rings. The molecule has 0 aliphatic carbocycles. The van der Waals surface area contributed by atoms with Gasteiger partial charge in [-0.1, -0.05) is 73.7 Å². The van der Waals surface area contributed by atoms with Gasteiger partial charge in [0.15, 0.2) is 5.82 Å². The number of alkyl halides is 2. The molecule has 36 heavy (non-hydrogen) atoms. The third kappa shape index (κ3) is 6.10. The highest BCUT2D eigenvalue weighted by atomic mass is 19.3. The molecule has 0 spiro atoms. The fourth-order valence-corrected chi connectivity index (χ4v) is 3.86. The van der Waals surface area contributed by atoms with E-state index in [4.69, 9.17) is 0 Å². The Kier molecular flexibility index (Phi) is 7.68. The molecule has 0 saturated heterocycles. The molecular weight excluding hydrogens is 458 g/mol. The SMILES string of the molecule is CCC(F)(F)c1ccc(CC(=O)Nc2ccc(-c3nccnc3NC(C)c3ccccc3)cc2)cc1. The lowest BCUT2D eigenvalue weighted by Gasteiger charge is -2.17. The van der Waals surface area contributed by atoms with Gasteiger partial charge >= 0.3 is 0 Å². The van der Waals surface area contributed by atoms with Gasteiger partial charge in [0.25, 0.3) is 5.92 Å². The van der Waals surface area contributed by atoms with Crippen LogP contribution in [0, 0.1) is 0 Å². The molecule has 0 radical (unpaired) electrons. The number of amides is 1. The maximum absolute atomic E-state index is 13.8. The predicted octanol–water partition coefficient (Wildman–Crippen LogP) is 7.00. The minimum Gasteiger partial charge on any atom is -0.362 e. The van der Waals surface area contributed by atoms with E-state index in [2.05, 4.69) is 39.7 Å². The Morgan fingerprint density at radius 1 is 0.917 bits per heavy atom. The van der Waals surface area contributed by atoms with Gasteiger partial charge in [0, 0.05) is 35.6 Å². The summed E-state index contributed by atoms with van der Waals surface area (Å²) in [5.41, 5.74) is 3.97. The molecule has 5 nitrogen and oxygen atoms in total. The maximum atomic E-state index is 13.8. The summed E-state index contributed by atoms with van der Waals surface area (Å²) in [5, 5.41) is 6.28. The average molecular weight is 487 g/mol. The number of carbonyl (C=O) groups is 1. The highest BCUT2D eigenvalue weighted by Gasteiger charge is 2.28. The summed E-state index contributed by atoms with van der Waals surface area (Å²) in [6.45, 7) is 3.51. The first-order valence-corrected chi connectivity index (χ1v) is 11.9. The summed E-state index contributed by atoms with van der Waals surface area (Å²) >= 11 is 0. The van der Waals surface area contributed by atoms with Crippen LogP contribution in [0.2, 0.25) is 0 Å². The van der Waals surface area contributed by atoms with E-state index in [9.17, 15) is 13.6 Å². The van der Waals surface area contributed by atoms with E-state index in [1.165, 1.54) is 19.1 Å². The molecule has 4 rings (SSSR count). The minimum absolute atomic E-state index is 0.0409. The van der Waals surface area contributed by atoms with Crippen molar-refractivity contribution < 1.29 is 13.6 Å². The number of halogens is 2. The molecule has 0 saturated carbocycles. The Balaban J connectivity index is 1.41. The Hall–Kier alpha value is -4.13. The van der Waals surface area contributed by atoms with Crippen molar-refractivity contribution in [3.05, 3.63) is 108 Å². The summed E-state index contributed by atoms with van der Waals surface area (Å²) in [6, 6.07) is 23.4. The van der Waals surface area contributed by atoms with E-state index in [0.717, 1.165) is 11.1 Å². The Morgan fingerprint density at radius 2 is 1.58 bits per heavy atom. The topological polar surface area (TPSA) is 66.9 Å². The standard InChI is InChI=1S/C29H28F2N4O/c1-3-29(30,31)24-13-9-21(10-14-24)19-26(36)35-25-15-11-23(12-16-25)27-28(33-18-17-32-27)34-20(2)22-7-5-4-6-8-22/h4-18,20H,3,19H2,1-2H3,(H,33,34)(H,35,36). The van der Waals surface area contributed by atoms with Gasteiger partial charge in [-0.05, 0) is 30.2 Å². The van der Waals surface area contributed by atoms with Crippen LogP contribution in [0.4, 0.5) is 20.3 Å². The van der Waals surface area contributed by atoms with Crippen molar-refractivity contribution in [3.8, 4) is 11.3 Å². The Bertz CT molecular complexity index is 1290. The lowest BCUT2D eigenvalue weighted by molar-refractivity contribution is -0.115. The number of anilines is 2. The summed E-state index contributed by atoms with van der Waals surface area (Å²) in [6.07, 6.45) is 3.12. The smallest absolute Gasteiger partial charge is 0.273 e. The van der Waals surface area contributed by atoms with E-state index >= 15 is 0 Å². The van der Waals surface area contributed by atoms with Crippen LogP contribution in [0.1, 0.15) is 43.0 Å². The molecule has 2 N–H and O–H groups in total. The monoisotopic (exact) mass is 486 g/mol. The van der Waals surface area contributed by atoms with E-state index in [1.54, 1.807) is 36.7 Å². The summed E-state index contributed by atoms with van der Waals surface area (Å²) in [5.74, 6) is -2.42.